The van der Waals surface area contributed by atoms with Gasteiger partial charge < -0.3 is 0 Å². The number of alkyl halides is 3. The zero-order valence-electron chi connectivity index (χ0n) is 11.3. The lowest BCUT2D eigenvalue weighted by molar-refractivity contribution is -0.137. The van der Waals surface area contributed by atoms with E-state index in [0.29, 0.717) is 0 Å². The standard InChI is InChI=1S/C14H11BrF3NO2S/c1-19(12-6-2-10(3-7-12)14(16,17)18)22(20,21)13-8-4-11(15)5-9-13/h2-9H,1H3. The van der Waals surface area contributed by atoms with E-state index in [-0.39, 0.29) is 10.6 Å². The van der Waals surface area contributed by atoms with Gasteiger partial charge in [-0.2, -0.15) is 13.2 Å². The summed E-state index contributed by atoms with van der Waals surface area (Å²) < 4.78 is 64.1. The molecule has 0 aliphatic carbocycles. The first-order valence-corrected chi connectivity index (χ1v) is 8.27. The molecule has 0 radical (unpaired) electrons. The monoisotopic (exact) mass is 393 g/mol. The maximum atomic E-state index is 12.5. The van der Waals surface area contributed by atoms with Crippen LogP contribution < -0.4 is 4.31 Å². The number of hydrogen-bond acceptors (Lipinski definition) is 2. The molecule has 0 spiro atoms. The zero-order chi connectivity index (χ0) is 16.5. The highest BCUT2D eigenvalue weighted by molar-refractivity contribution is 9.10. The molecule has 2 rings (SSSR count). The Labute approximate surface area is 134 Å². The van der Waals surface area contributed by atoms with Crippen LogP contribution in [0.1, 0.15) is 5.56 Å². The van der Waals surface area contributed by atoms with Crippen molar-refractivity contribution < 1.29 is 21.6 Å². The second-order valence-corrected chi connectivity index (χ2v) is 7.36. The molecule has 0 unspecified atom stereocenters. The van der Waals surface area contributed by atoms with Gasteiger partial charge in [0.2, 0.25) is 0 Å². The van der Waals surface area contributed by atoms with E-state index in [9.17, 15) is 21.6 Å². The van der Waals surface area contributed by atoms with Crippen LogP contribution in [-0.4, -0.2) is 15.5 Å². The summed E-state index contributed by atoms with van der Waals surface area (Å²) in [6.07, 6.45) is -4.46. The van der Waals surface area contributed by atoms with Crippen molar-refractivity contribution in [1.82, 2.24) is 0 Å². The largest absolute Gasteiger partial charge is 0.416 e. The number of nitrogens with zero attached hydrogens (tertiary/aromatic N) is 1. The maximum Gasteiger partial charge on any atom is 0.416 e. The number of sulfonamides is 1. The molecule has 0 aliphatic heterocycles. The molecule has 0 saturated heterocycles. The maximum absolute atomic E-state index is 12.5. The van der Waals surface area contributed by atoms with Crippen LogP contribution in [0.25, 0.3) is 0 Å². The van der Waals surface area contributed by atoms with E-state index >= 15 is 0 Å². The molecular weight excluding hydrogens is 383 g/mol. The quantitative estimate of drug-likeness (QED) is 0.779. The number of benzene rings is 2. The van der Waals surface area contributed by atoms with Crippen molar-refractivity contribution >= 4 is 31.6 Å². The second-order valence-electron chi connectivity index (χ2n) is 4.47. The Morgan fingerprint density at radius 2 is 1.45 bits per heavy atom. The summed E-state index contributed by atoms with van der Waals surface area (Å²) in [5.74, 6) is 0. The Morgan fingerprint density at radius 3 is 1.91 bits per heavy atom. The third kappa shape index (κ3) is 3.44. The molecule has 0 amide bonds. The molecule has 3 nitrogen and oxygen atoms in total. The van der Waals surface area contributed by atoms with E-state index in [1.807, 2.05) is 0 Å². The van der Waals surface area contributed by atoms with Crippen LogP contribution in [0, 0.1) is 0 Å². The topological polar surface area (TPSA) is 37.4 Å². The first kappa shape index (κ1) is 16.8. The van der Waals surface area contributed by atoms with Gasteiger partial charge in [-0.05, 0) is 48.5 Å². The molecule has 0 atom stereocenters. The second kappa shape index (κ2) is 5.92. The van der Waals surface area contributed by atoms with E-state index in [0.717, 1.165) is 33.0 Å². The summed E-state index contributed by atoms with van der Waals surface area (Å²) in [6.45, 7) is 0. The Morgan fingerprint density at radius 1 is 0.955 bits per heavy atom. The Kier molecular flexibility index (Phi) is 4.53. The lowest BCUT2D eigenvalue weighted by atomic mass is 10.2. The van der Waals surface area contributed by atoms with Gasteiger partial charge in [0.25, 0.3) is 10.0 Å². The zero-order valence-corrected chi connectivity index (χ0v) is 13.7. The summed E-state index contributed by atoms with van der Waals surface area (Å²) in [5.41, 5.74) is -0.679. The lowest BCUT2D eigenvalue weighted by Gasteiger charge is -2.20. The molecule has 0 fully saturated rings. The molecule has 8 heteroatoms. The van der Waals surface area contributed by atoms with Gasteiger partial charge in [0.1, 0.15) is 0 Å². The van der Waals surface area contributed by atoms with Gasteiger partial charge in [-0.25, -0.2) is 8.42 Å². The van der Waals surface area contributed by atoms with Crippen LogP contribution in [0.5, 0.6) is 0 Å². The van der Waals surface area contributed by atoms with Crippen LogP contribution in [-0.2, 0) is 16.2 Å². The van der Waals surface area contributed by atoms with Crippen LogP contribution in [0.2, 0.25) is 0 Å². The van der Waals surface area contributed by atoms with E-state index in [1.54, 1.807) is 12.1 Å². The van der Waals surface area contributed by atoms with E-state index in [4.69, 9.17) is 0 Å². The van der Waals surface area contributed by atoms with Crippen molar-refractivity contribution in [1.29, 1.82) is 0 Å². The molecule has 2 aromatic rings. The molecular formula is C14H11BrF3NO2S. The number of rotatable bonds is 3. The van der Waals surface area contributed by atoms with Crippen LogP contribution in [0.3, 0.4) is 0 Å². The summed E-state index contributed by atoms with van der Waals surface area (Å²) >= 11 is 3.21. The molecule has 0 N–H and O–H groups in total. The molecule has 0 aliphatic rings. The minimum absolute atomic E-state index is 0.0538. The van der Waals surface area contributed by atoms with Gasteiger partial charge in [-0.3, -0.25) is 4.31 Å². The fourth-order valence-electron chi connectivity index (χ4n) is 1.76. The normalized spacial score (nSPS) is 12.2. The van der Waals surface area contributed by atoms with Gasteiger partial charge in [-0.15, -0.1) is 0 Å². The predicted molar refractivity (Wildman–Crippen MR) is 81.2 cm³/mol. The third-order valence-corrected chi connectivity index (χ3v) is 5.36. The van der Waals surface area contributed by atoms with Gasteiger partial charge in [0, 0.05) is 11.5 Å². The highest BCUT2D eigenvalue weighted by Crippen LogP contribution is 2.31. The highest BCUT2D eigenvalue weighted by Gasteiger charge is 2.30. The average molecular weight is 394 g/mol. The van der Waals surface area contributed by atoms with Crippen LogP contribution >= 0.6 is 15.9 Å². The van der Waals surface area contributed by atoms with Crippen molar-refractivity contribution in [3.05, 3.63) is 58.6 Å². The van der Waals surface area contributed by atoms with Gasteiger partial charge in [0.15, 0.2) is 0 Å². The van der Waals surface area contributed by atoms with Crippen molar-refractivity contribution in [2.75, 3.05) is 11.4 Å². The van der Waals surface area contributed by atoms with Crippen molar-refractivity contribution in [2.24, 2.45) is 0 Å². The number of halogens is 4. The lowest BCUT2D eigenvalue weighted by Crippen LogP contribution is -2.26. The van der Waals surface area contributed by atoms with E-state index in [2.05, 4.69) is 15.9 Å². The van der Waals surface area contributed by atoms with Crippen LogP contribution in [0.4, 0.5) is 18.9 Å². The molecule has 0 heterocycles. The van der Waals surface area contributed by atoms with Gasteiger partial charge in [0.05, 0.1) is 16.1 Å². The Hall–Kier alpha value is -1.54. The minimum atomic E-state index is -4.46. The smallest absolute Gasteiger partial charge is 0.269 e. The van der Waals surface area contributed by atoms with Crippen molar-refractivity contribution in [3.8, 4) is 0 Å². The SMILES string of the molecule is CN(c1ccc(C(F)(F)F)cc1)S(=O)(=O)c1ccc(Br)cc1. The molecule has 0 aromatic heterocycles. The minimum Gasteiger partial charge on any atom is -0.269 e. The average Bonchev–Trinajstić information content (AvgIpc) is 2.46. The van der Waals surface area contributed by atoms with Crippen molar-refractivity contribution in [2.45, 2.75) is 11.1 Å². The fraction of sp³-hybridized carbons (Fsp3) is 0.143. The van der Waals surface area contributed by atoms with Gasteiger partial charge >= 0.3 is 6.18 Å². The fourth-order valence-corrected chi connectivity index (χ4v) is 3.22. The first-order chi connectivity index (χ1) is 10.1. The molecule has 0 saturated carbocycles. The Bertz CT molecular complexity index is 756. The number of hydrogen-bond donors (Lipinski definition) is 0. The summed E-state index contributed by atoms with van der Waals surface area (Å²) in [5, 5.41) is 0. The summed E-state index contributed by atoms with van der Waals surface area (Å²) in [7, 11) is -2.53. The summed E-state index contributed by atoms with van der Waals surface area (Å²) in [6, 6.07) is 9.94. The van der Waals surface area contributed by atoms with Crippen LogP contribution in [0.15, 0.2) is 57.9 Å². The molecule has 118 valence electrons. The Balaban J connectivity index is 2.34. The third-order valence-electron chi connectivity index (χ3n) is 3.03. The van der Waals surface area contributed by atoms with Crippen molar-refractivity contribution in [3.63, 3.8) is 0 Å². The highest BCUT2D eigenvalue weighted by atomic mass is 79.9. The number of anilines is 1. The van der Waals surface area contributed by atoms with E-state index < -0.39 is 21.8 Å². The molecule has 22 heavy (non-hydrogen) atoms. The molecule has 2 aromatic carbocycles. The van der Waals surface area contributed by atoms with Gasteiger partial charge in [-0.1, -0.05) is 15.9 Å². The predicted octanol–water partition coefficient (Wildman–Crippen LogP) is 4.29. The first-order valence-electron chi connectivity index (χ1n) is 6.04. The molecule has 0 bridgehead atoms. The van der Waals surface area contributed by atoms with E-state index in [1.165, 1.54) is 19.2 Å². The summed E-state index contributed by atoms with van der Waals surface area (Å²) in [4.78, 5) is 0.0538.